The van der Waals surface area contributed by atoms with E-state index in [2.05, 4.69) is 15.1 Å². The molecule has 2 fully saturated rings. The first-order valence-electron chi connectivity index (χ1n) is 8.51. The summed E-state index contributed by atoms with van der Waals surface area (Å²) in [6.07, 6.45) is 1.12. The molecule has 0 radical (unpaired) electrons. The van der Waals surface area contributed by atoms with Crippen LogP contribution in [0.3, 0.4) is 0 Å². The number of ether oxygens (including phenoxy) is 2. The van der Waals surface area contributed by atoms with E-state index >= 15 is 0 Å². The van der Waals surface area contributed by atoms with Gasteiger partial charge in [0.05, 0.1) is 0 Å². The van der Waals surface area contributed by atoms with Crippen LogP contribution in [0.4, 0.5) is 0 Å². The molecule has 25 heavy (non-hydrogen) atoms. The quantitative estimate of drug-likeness (QED) is 0.426. The summed E-state index contributed by atoms with van der Waals surface area (Å²) in [6, 6.07) is 0. The molecule has 0 aromatic rings. The van der Waals surface area contributed by atoms with Crippen LogP contribution in [0, 0.1) is 5.41 Å². The van der Waals surface area contributed by atoms with Crippen molar-refractivity contribution in [2.45, 2.75) is 45.3 Å². The molecule has 10 heteroatoms. The van der Waals surface area contributed by atoms with Gasteiger partial charge in [-0.2, -0.15) is 0 Å². The molecule has 2 aliphatic heterocycles. The van der Waals surface area contributed by atoms with Gasteiger partial charge in [-0.3, -0.25) is 0 Å². The Hall–Kier alpha value is -0.830. The fourth-order valence-corrected chi connectivity index (χ4v) is 4.80. The zero-order valence-corrected chi connectivity index (χ0v) is 16.0. The average molecular weight is 380 g/mol. The Kier molecular flexibility index (Phi) is 7.13. The van der Waals surface area contributed by atoms with Gasteiger partial charge in [-0.05, 0) is 0 Å². The van der Waals surface area contributed by atoms with Gasteiger partial charge in [-0.15, -0.1) is 0 Å². The molecule has 2 rings (SSSR count). The molecule has 0 saturated carbocycles. The van der Waals surface area contributed by atoms with Crippen LogP contribution in [0.15, 0.2) is 0 Å². The second kappa shape index (κ2) is 8.70. The fraction of sp³-hybridized carbons (Fsp3) is 0.867. The van der Waals surface area contributed by atoms with Crippen molar-refractivity contribution in [3.05, 3.63) is 0 Å². The molecule has 1 unspecified atom stereocenters. The van der Waals surface area contributed by atoms with Crippen molar-refractivity contribution in [3.8, 4) is 0 Å². The number of hydrogen-bond donors (Lipinski definition) is 3. The summed E-state index contributed by atoms with van der Waals surface area (Å²) in [7, 11) is -2.38. The first-order valence-corrected chi connectivity index (χ1v) is 10.3. The van der Waals surface area contributed by atoms with Crippen LogP contribution in [-0.4, -0.2) is 62.4 Å². The van der Waals surface area contributed by atoms with Gasteiger partial charge in [0.2, 0.25) is 0 Å². The SMILES string of the molecule is COC(=O)CCNC(=O)[C@@H]1O[PH](O)(NCC2CCCO2)OCC1(C)C. The number of carbonyl (C=O) groups is 2. The van der Waals surface area contributed by atoms with Crippen molar-refractivity contribution < 1.29 is 33.0 Å². The number of amides is 1. The summed E-state index contributed by atoms with van der Waals surface area (Å²) in [5.41, 5.74) is -0.611. The van der Waals surface area contributed by atoms with Crippen molar-refractivity contribution in [3.63, 3.8) is 0 Å². The summed E-state index contributed by atoms with van der Waals surface area (Å²) in [4.78, 5) is 34.2. The fourth-order valence-electron chi connectivity index (χ4n) is 2.74. The Morgan fingerprint density at radius 3 is 2.80 bits per heavy atom. The van der Waals surface area contributed by atoms with Crippen molar-refractivity contribution in [2.24, 2.45) is 5.41 Å². The third kappa shape index (κ3) is 5.84. The molecule has 9 nitrogen and oxygen atoms in total. The molecule has 0 aliphatic carbocycles. The molecule has 3 N–H and O–H groups in total. The molecule has 2 atom stereocenters. The minimum atomic E-state index is -3.67. The predicted molar refractivity (Wildman–Crippen MR) is 91.8 cm³/mol. The third-order valence-electron chi connectivity index (χ3n) is 4.30. The Bertz CT molecular complexity index is 485. The van der Waals surface area contributed by atoms with Crippen molar-refractivity contribution >= 4 is 20.0 Å². The topological polar surface area (TPSA) is 115 Å². The van der Waals surface area contributed by atoms with Crippen LogP contribution in [0.1, 0.15) is 33.1 Å². The molecule has 0 spiro atoms. The Labute approximate surface area is 148 Å². The number of nitrogens with one attached hydrogen (secondary N) is 2. The molecule has 1 amide bonds. The van der Waals surface area contributed by atoms with Gasteiger partial charge < -0.3 is 0 Å². The zero-order valence-electron chi connectivity index (χ0n) is 15.0. The standard InChI is InChI=1S/C15H29N2O7P/c1-15(2)10-23-25(20,17-9-11-5-4-8-22-11)24-13(15)14(19)16-7-6-12(18)21-3/h11,13,17,20,25H,4-10H2,1-3H3,(H,16,19)/t11?,13-/m0/s1. The molecule has 0 bridgehead atoms. The number of esters is 1. The molecule has 2 aliphatic rings. The summed E-state index contributed by atoms with van der Waals surface area (Å²) < 4.78 is 21.2. The van der Waals surface area contributed by atoms with E-state index in [4.69, 9.17) is 13.8 Å². The first-order chi connectivity index (χ1) is 11.8. The maximum atomic E-state index is 12.4. The predicted octanol–water partition coefficient (Wildman–Crippen LogP) is 0.278. The molecule has 0 aromatic carbocycles. The Morgan fingerprint density at radius 1 is 1.40 bits per heavy atom. The van der Waals surface area contributed by atoms with Crippen LogP contribution in [0.5, 0.6) is 0 Å². The first kappa shape index (κ1) is 20.5. The molecular formula is C15H29N2O7P. The van der Waals surface area contributed by atoms with Crippen LogP contribution < -0.4 is 10.4 Å². The number of hydrogen-bond acceptors (Lipinski definition) is 8. The van der Waals surface area contributed by atoms with Gasteiger partial charge >= 0.3 is 148 Å². The molecule has 2 heterocycles. The van der Waals surface area contributed by atoms with E-state index in [1.54, 1.807) is 0 Å². The normalized spacial score (nSPS) is 29.0. The molecular weight excluding hydrogens is 351 g/mol. The molecule has 2 saturated heterocycles. The second-order valence-electron chi connectivity index (χ2n) is 6.99. The van der Waals surface area contributed by atoms with Gasteiger partial charge in [0, 0.05) is 0 Å². The number of methoxy groups -OCH3 is 1. The van der Waals surface area contributed by atoms with Gasteiger partial charge in [0.1, 0.15) is 0 Å². The van der Waals surface area contributed by atoms with E-state index in [1.807, 2.05) is 13.8 Å². The second-order valence-corrected chi connectivity index (χ2v) is 9.03. The van der Waals surface area contributed by atoms with E-state index in [0.717, 1.165) is 12.8 Å². The third-order valence-corrected chi connectivity index (χ3v) is 6.04. The molecule has 146 valence electrons. The van der Waals surface area contributed by atoms with Gasteiger partial charge in [0.25, 0.3) is 0 Å². The van der Waals surface area contributed by atoms with E-state index < -0.39 is 25.6 Å². The Balaban J connectivity index is 1.89. The van der Waals surface area contributed by atoms with Crippen LogP contribution in [0.2, 0.25) is 0 Å². The Morgan fingerprint density at radius 2 is 2.16 bits per heavy atom. The van der Waals surface area contributed by atoms with Crippen molar-refractivity contribution in [2.75, 3.05) is 33.4 Å². The van der Waals surface area contributed by atoms with Gasteiger partial charge in [-0.25, -0.2) is 0 Å². The van der Waals surface area contributed by atoms with Crippen LogP contribution in [-0.2, 0) is 28.1 Å². The summed E-state index contributed by atoms with van der Waals surface area (Å²) >= 11 is 0. The minimum absolute atomic E-state index is 0.0194. The maximum absolute atomic E-state index is 12.4. The van der Waals surface area contributed by atoms with Gasteiger partial charge in [0.15, 0.2) is 0 Å². The summed E-state index contributed by atoms with van der Waals surface area (Å²) in [5.74, 6) is -0.793. The van der Waals surface area contributed by atoms with E-state index in [0.29, 0.717) is 13.2 Å². The summed E-state index contributed by atoms with van der Waals surface area (Å²) in [6.45, 7) is 5.11. The monoisotopic (exact) mass is 380 g/mol. The zero-order chi connectivity index (χ0) is 18.5. The van der Waals surface area contributed by atoms with Crippen LogP contribution >= 0.6 is 8.09 Å². The summed E-state index contributed by atoms with van der Waals surface area (Å²) in [5, 5.41) is 5.56. The van der Waals surface area contributed by atoms with E-state index in [1.165, 1.54) is 7.11 Å². The number of carbonyl (C=O) groups excluding carboxylic acids is 2. The van der Waals surface area contributed by atoms with Crippen LogP contribution in [0.25, 0.3) is 0 Å². The number of rotatable bonds is 7. The van der Waals surface area contributed by atoms with E-state index in [9.17, 15) is 14.5 Å². The van der Waals surface area contributed by atoms with E-state index in [-0.39, 0.29) is 31.6 Å². The van der Waals surface area contributed by atoms with Gasteiger partial charge in [-0.1, -0.05) is 0 Å². The average Bonchev–Trinajstić information content (AvgIpc) is 3.09. The van der Waals surface area contributed by atoms with Crippen molar-refractivity contribution in [1.29, 1.82) is 0 Å². The van der Waals surface area contributed by atoms with Crippen molar-refractivity contribution in [1.82, 2.24) is 10.4 Å². The molecule has 0 aromatic heterocycles.